The zero-order chi connectivity index (χ0) is 11.1. The zero-order valence-electron chi connectivity index (χ0n) is 9.11. The molecule has 0 unspecified atom stereocenters. The standard InChI is InChI=1S/C12H14N2O2/c15-14(16)11-6-5-9-3-1-7-13-8-2-4-10(11)12(9)13/h5-6H,1-4,7-8H2. The Morgan fingerprint density at radius 3 is 2.69 bits per heavy atom. The zero-order valence-corrected chi connectivity index (χ0v) is 9.11. The summed E-state index contributed by atoms with van der Waals surface area (Å²) in [4.78, 5) is 13.1. The van der Waals surface area contributed by atoms with Gasteiger partial charge in [-0.1, -0.05) is 6.07 Å². The van der Waals surface area contributed by atoms with E-state index in [-0.39, 0.29) is 4.92 Å². The molecule has 0 radical (unpaired) electrons. The minimum atomic E-state index is -0.242. The third kappa shape index (κ3) is 1.29. The average Bonchev–Trinajstić information content (AvgIpc) is 2.30. The lowest BCUT2D eigenvalue weighted by atomic mass is 9.91. The van der Waals surface area contributed by atoms with Gasteiger partial charge in [-0.05, 0) is 31.2 Å². The van der Waals surface area contributed by atoms with Gasteiger partial charge >= 0.3 is 0 Å². The molecular weight excluding hydrogens is 204 g/mol. The molecule has 2 heterocycles. The molecular formula is C12H14N2O2. The number of rotatable bonds is 1. The summed E-state index contributed by atoms with van der Waals surface area (Å²) in [5, 5.41) is 11.0. The first kappa shape index (κ1) is 9.63. The van der Waals surface area contributed by atoms with Crippen LogP contribution in [0.15, 0.2) is 12.1 Å². The number of hydrogen-bond donors (Lipinski definition) is 0. The molecule has 3 rings (SSSR count). The van der Waals surface area contributed by atoms with E-state index in [9.17, 15) is 10.1 Å². The Morgan fingerprint density at radius 1 is 1.19 bits per heavy atom. The van der Waals surface area contributed by atoms with Gasteiger partial charge in [0.1, 0.15) is 0 Å². The molecule has 4 heteroatoms. The average molecular weight is 218 g/mol. The highest BCUT2D eigenvalue weighted by Crippen LogP contribution is 2.39. The second kappa shape index (κ2) is 3.47. The summed E-state index contributed by atoms with van der Waals surface area (Å²) in [7, 11) is 0. The Balaban J connectivity index is 2.21. The molecule has 2 aliphatic rings. The number of aryl methyl sites for hydroxylation is 1. The van der Waals surface area contributed by atoms with E-state index in [1.807, 2.05) is 6.07 Å². The monoisotopic (exact) mass is 218 g/mol. The molecule has 16 heavy (non-hydrogen) atoms. The summed E-state index contributed by atoms with van der Waals surface area (Å²) >= 11 is 0. The van der Waals surface area contributed by atoms with Crippen LogP contribution in [0.25, 0.3) is 0 Å². The van der Waals surface area contributed by atoms with Gasteiger partial charge < -0.3 is 4.90 Å². The topological polar surface area (TPSA) is 46.4 Å². The molecule has 0 aromatic heterocycles. The SMILES string of the molecule is O=[N+]([O-])c1ccc2c3c1CCCN3CCC2. The number of nitro benzene ring substituents is 1. The van der Waals surface area contributed by atoms with E-state index in [4.69, 9.17) is 0 Å². The van der Waals surface area contributed by atoms with Crippen LogP contribution in [-0.4, -0.2) is 18.0 Å². The van der Waals surface area contributed by atoms with Crippen LogP contribution in [0.2, 0.25) is 0 Å². The van der Waals surface area contributed by atoms with Crippen molar-refractivity contribution in [2.24, 2.45) is 0 Å². The summed E-state index contributed by atoms with van der Waals surface area (Å²) in [5.41, 5.74) is 3.75. The summed E-state index contributed by atoms with van der Waals surface area (Å²) in [6.07, 6.45) is 4.13. The number of nitrogens with zero attached hydrogens (tertiary/aromatic N) is 2. The van der Waals surface area contributed by atoms with E-state index in [1.54, 1.807) is 6.07 Å². The fourth-order valence-corrected chi connectivity index (χ4v) is 2.93. The summed E-state index contributed by atoms with van der Waals surface area (Å²) in [5.74, 6) is 0. The van der Waals surface area contributed by atoms with Gasteiger partial charge in [-0.15, -0.1) is 0 Å². The second-order valence-electron chi connectivity index (χ2n) is 4.52. The van der Waals surface area contributed by atoms with Gasteiger partial charge in [0, 0.05) is 24.8 Å². The molecule has 0 atom stereocenters. The third-order valence-corrected chi connectivity index (χ3v) is 3.58. The van der Waals surface area contributed by atoms with Gasteiger partial charge in [-0.2, -0.15) is 0 Å². The van der Waals surface area contributed by atoms with Crippen molar-refractivity contribution in [1.29, 1.82) is 0 Å². The predicted molar refractivity (Wildman–Crippen MR) is 62.0 cm³/mol. The number of hydrogen-bond acceptors (Lipinski definition) is 3. The normalized spacial score (nSPS) is 18.1. The molecule has 0 aliphatic carbocycles. The van der Waals surface area contributed by atoms with E-state index in [2.05, 4.69) is 4.90 Å². The molecule has 4 nitrogen and oxygen atoms in total. The van der Waals surface area contributed by atoms with Crippen LogP contribution in [0.5, 0.6) is 0 Å². The van der Waals surface area contributed by atoms with Crippen LogP contribution < -0.4 is 4.90 Å². The highest BCUT2D eigenvalue weighted by Gasteiger charge is 2.29. The number of nitro groups is 1. The first-order chi connectivity index (χ1) is 7.77. The Hall–Kier alpha value is -1.58. The van der Waals surface area contributed by atoms with Crippen molar-refractivity contribution in [2.75, 3.05) is 18.0 Å². The highest BCUT2D eigenvalue weighted by atomic mass is 16.6. The van der Waals surface area contributed by atoms with Crippen LogP contribution >= 0.6 is 0 Å². The van der Waals surface area contributed by atoms with E-state index < -0.39 is 0 Å². The molecule has 0 amide bonds. The first-order valence-electron chi connectivity index (χ1n) is 5.81. The van der Waals surface area contributed by atoms with Crippen LogP contribution in [0, 0.1) is 10.1 Å². The second-order valence-corrected chi connectivity index (χ2v) is 4.52. The minimum absolute atomic E-state index is 0.242. The van der Waals surface area contributed by atoms with Crippen LogP contribution in [0.3, 0.4) is 0 Å². The maximum absolute atomic E-state index is 11.0. The lowest BCUT2D eigenvalue weighted by Gasteiger charge is -2.36. The van der Waals surface area contributed by atoms with Crippen molar-refractivity contribution < 1.29 is 4.92 Å². The molecule has 2 aliphatic heterocycles. The van der Waals surface area contributed by atoms with E-state index in [0.717, 1.165) is 37.9 Å². The van der Waals surface area contributed by atoms with E-state index in [1.165, 1.54) is 17.7 Å². The fourth-order valence-electron chi connectivity index (χ4n) is 2.93. The summed E-state index contributed by atoms with van der Waals surface area (Å²) in [6.45, 7) is 2.11. The fraction of sp³-hybridized carbons (Fsp3) is 0.500. The predicted octanol–water partition coefficient (Wildman–Crippen LogP) is 2.29. The highest BCUT2D eigenvalue weighted by molar-refractivity contribution is 5.69. The molecule has 0 saturated carbocycles. The lowest BCUT2D eigenvalue weighted by molar-refractivity contribution is -0.385. The Kier molecular flexibility index (Phi) is 2.09. The van der Waals surface area contributed by atoms with Crippen molar-refractivity contribution in [2.45, 2.75) is 25.7 Å². The van der Waals surface area contributed by atoms with Crippen molar-refractivity contribution in [3.05, 3.63) is 33.4 Å². The molecule has 1 aromatic carbocycles. The van der Waals surface area contributed by atoms with Crippen molar-refractivity contribution in [1.82, 2.24) is 0 Å². The van der Waals surface area contributed by atoms with Gasteiger partial charge in [-0.25, -0.2) is 0 Å². The largest absolute Gasteiger partial charge is 0.371 e. The maximum Gasteiger partial charge on any atom is 0.274 e. The quantitative estimate of drug-likeness (QED) is 0.536. The van der Waals surface area contributed by atoms with Crippen LogP contribution in [-0.2, 0) is 12.8 Å². The van der Waals surface area contributed by atoms with Crippen molar-refractivity contribution in [3.63, 3.8) is 0 Å². The van der Waals surface area contributed by atoms with Crippen molar-refractivity contribution in [3.8, 4) is 0 Å². The molecule has 0 fully saturated rings. The minimum Gasteiger partial charge on any atom is -0.371 e. The molecule has 0 spiro atoms. The summed E-state index contributed by atoms with van der Waals surface area (Å²) in [6, 6.07) is 3.62. The number of anilines is 1. The third-order valence-electron chi connectivity index (χ3n) is 3.58. The van der Waals surface area contributed by atoms with E-state index in [0.29, 0.717) is 5.69 Å². The Labute approximate surface area is 94.0 Å². The Bertz CT molecular complexity index is 455. The maximum atomic E-state index is 11.0. The van der Waals surface area contributed by atoms with Gasteiger partial charge in [-0.3, -0.25) is 10.1 Å². The molecule has 0 bridgehead atoms. The summed E-state index contributed by atoms with van der Waals surface area (Å²) < 4.78 is 0. The molecule has 1 aromatic rings. The van der Waals surface area contributed by atoms with Crippen LogP contribution in [0.1, 0.15) is 24.0 Å². The van der Waals surface area contributed by atoms with E-state index >= 15 is 0 Å². The van der Waals surface area contributed by atoms with Gasteiger partial charge in [0.25, 0.3) is 5.69 Å². The smallest absolute Gasteiger partial charge is 0.274 e. The van der Waals surface area contributed by atoms with Crippen molar-refractivity contribution >= 4 is 11.4 Å². The molecule has 84 valence electrons. The molecule has 0 N–H and O–H groups in total. The lowest BCUT2D eigenvalue weighted by Crippen LogP contribution is -2.34. The van der Waals surface area contributed by atoms with Crippen LogP contribution in [0.4, 0.5) is 11.4 Å². The molecule has 0 saturated heterocycles. The number of benzene rings is 1. The first-order valence-corrected chi connectivity index (χ1v) is 5.81. The Morgan fingerprint density at radius 2 is 1.94 bits per heavy atom. The van der Waals surface area contributed by atoms with Gasteiger partial charge in [0.15, 0.2) is 0 Å². The van der Waals surface area contributed by atoms with Gasteiger partial charge in [0.05, 0.1) is 10.5 Å². The van der Waals surface area contributed by atoms with Gasteiger partial charge in [0.2, 0.25) is 0 Å².